The Hall–Kier alpha value is -3.20. The second-order valence-electron chi connectivity index (χ2n) is 6.08. The lowest BCUT2D eigenvalue weighted by Gasteiger charge is -2.36. The minimum atomic E-state index is 0.0778. The van der Waals surface area contributed by atoms with Crippen LogP contribution in [0.25, 0.3) is 0 Å². The first-order chi connectivity index (χ1) is 12.7. The summed E-state index contributed by atoms with van der Waals surface area (Å²) in [6.07, 6.45) is 0. The highest BCUT2D eigenvalue weighted by Crippen LogP contribution is 2.28. The smallest absolute Gasteiger partial charge is 0.241 e. The molecule has 1 aliphatic rings. The van der Waals surface area contributed by atoms with Crippen LogP contribution in [0.3, 0.4) is 0 Å². The maximum atomic E-state index is 12.4. The standard InChI is InChI=1S/C20H22N4O2/c1-26-19-5-3-2-4-18(19)23-10-12-24(13-11-23)20(25)15-22-17-8-6-16(14-21)7-9-17/h2-9,22H,10-13,15H2,1H3. The van der Waals surface area contributed by atoms with Crippen LogP contribution in [0, 0.1) is 11.3 Å². The van der Waals surface area contributed by atoms with Crippen LogP contribution in [0.15, 0.2) is 48.5 Å². The number of piperazine rings is 1. The number of rotatable bonds is 5. The van der Waals surface area contributed by atoms with E-state index in [0.717, 1.165) is 30.2 Å². The summed E-state index contributed by atoms with van der Waals surface area (Å²) in [4.78, 5) is 16.6. The summed E-state index contributed by atoms with van der Waals surface area (Å²) in [5.74, 6) is 0.934. The van der Waals surface area contributed by atoms with Crippen molar-refractivity contribution in [3.63, 3.8) is 0 Å². The molecule has 0 saturated carbocycles. The normalized spacial score (nSPS) is 13.8. The predicted octanol–water partition coefficient (Wildman–Crippen LogP) is 2.33. The number of hydrogen-bond donors (Lipinski definition) is 1. The van der Waals surface area contributed by atoms with E-state index in [1.54, 1.807) is 19.2 Å². The summed E-state index contributed by atoms with van der Waals surface area (Å²) in [5, 5.41) is 11.9. The second kappa shape index (κ2) is 8.26. The summed E-state index contributed by atoms with van der Waals surface area (Å²) >= 11 is 0. The number of ether oxygens (including phenoxy) is 1. The van der Waals surface area contributed by atoms with Gasteiger partial charge in [-0.2, -0.15) is 5.26 Å². The van der Waals surface area contributed by atoms with Crippen LogP contribution in [-0.2, 0) is 4.79 Å². The Morgan fingerprint density at radius 2 is 1.81 bits per heavy atom. The Kier molecular flexibility index (Phi) is 5.59. The van der Waals surface area contributed by atoms with Crippen LogP contribution in [0.2, 0.25) is 0 Å². The van der Waals surface area contributed by atoms with Crippen molar-refractivity contribution in [2.24, 2.45) is 0 Å². The third kappa shape index (κ3) is 4.06. The number of nitrogens with zero attached hydrogens (tertiary/aromatic N) is 3. The molecule has 3 rings (SSSR count). The molecule has 1 aliphatic heterocycles. The fourth-order valence-corrected chi connectivity index (χ4v) is 3.04. The molecule has 6 nitrogen and oxygen atoms in total. The van der Waals surface area contributed by atoms with E-state index in [-0.39, 0.29) is 12.5 Å². The van der Waals surface area contributed by atoms with Crippen molar-refractivity contribution >= 4 is 17.3 Å². The molecule has 1 amide bonds. The van der Waals surface area contributed by atoms with Gasteiger partial charge in [0.05, 0.1) is 31.0 Å². The van der Waals surface area contributed by atoms with Crippen molar-refractivity contribution < 1.29 is 9.53 Å². The molecule has 134 valence electrons. The quantitative estimate of drug-likeness (QED) is 0.896. The molecule has 0 unspecified atom stereocenters. The van der Waals surface area contributed by atoms with Crippen LogP contribution >= 0.6 is 0 Å². The summed E-state index contributed by atoms with van der Waals surface area (Å²) < 4.78 is 5.42. The number of benzene rings is 2. The predicted molar refractivity (Wildman–Crippen MR) is 101 cm³/mol. The minimum Gasteiger partial charge on any atom is -0.495 e. The lowest BCUT2D eigenvalue weighted by atomic mass is 10.2. The van der Waals surface area contributed by atoms with Gasteiger partial charge in [0.2, 0.25) is 5.91 Å². The molecule has 0 aromatic heterocycles. The monoisotopic (exact) mass is 350 g/mol. The van der Waals surface area contributed by atoms with Gasteiger partial charge < -0.3 is 19.9 Å². The molecule has 2 aromatic rings. The van der Waals surface area contributed by atoms with Crippen LogP contribution in [0.4, 0.5) is 11.4 Å². The van der Waals surface area contributed by atoms with Crippen LogP contribution in [0.5, 0.6) is 5.75 Å². The fraction of sp³-hybridized carbons (Fsp3) is 0.300. The number of nitrogens with one attached hydrogen (secondary N) is 1. The van der Waals surface area contributed by atoms with Crippen molar-refractivity contribution in [2.75, 3.05) is 50.1 Å². The summed E-state index contributed by atoms with van der Waals surface area (Å²) in [6.45, 7) is 3.18. The third-order valence-corrected chi connectivity index (χ3v) is 4.52. The molecule has 1 N–H and O–H groups in total. The molecule has 2 aromatic carbocycles. The molecule has 6 heteroatoms. The van der Waals surface area contributed by atoms with Gasteiger partial charge in [-0.3, -0.25) is 4.79 Å². The van der Waals surface area contributed by atoms with Crippen molar-refractivity contribution in [1.29, 1.82) is 5.26 Å². The maximum Gasteiger partial charge on any atom is 0.241 e. The van der Waals surface area contributed by atoms with Gasteiger partial charge in [-0.25, -0.2) is 0 Å². The molecular formula is C20H22N4O2. The van der Waals surface area contributed by atoms with E-state index in [4.69, 9.17) is 10.00 Å². The van der Waals surface area contributed by atoms with Gasteiger partial charge >= 0.3 is 0 Å². The number of hydrogen-bond acceptors (Lipinski definition) is 5. The van der Waals surface area contributed by atoms with Crippen LogP contribution < -0.4 is 15.0 Å². The van der Waals surface area contributed by atoms with Gasteiger partial charge in [0.1, 0.15) is 5.75 Å². The van der Waals surface area contributed by atoms with Crippen LogP contribution in [0.1, 0.15) is 5.56 Å². The topological polar surface area (TPSA) is 68.6 Å². The number of carbonyl (C=O) groups excluding carboxylic acids is 1. The highest BCUT2D eigenvalue weighted by Gasteiger charge is 2.22. The van der Waals surface area contributed by atoms with Gasteiger partial charge in [0.25, 0.3) is 0 Å². The van der Waals surface area contributed by atoms with Crippen molar-refractivity contribution in [1.82, 2.24) is 4.90 Å². The third-order valence-electron chi connectivity index (χ3n) is 4.52. The van der Waals surface area contributed by atoms with Gasteiger partial charge in [0.15, 0.2) is 0 Å². The van der Waals surface area contributed by atoms with Crippen molar-refractivity contribution in [2.45, 2.75) is 0 Å². The largest absolute Gasteiger partial charge is 0.495 e. The van der Waals surface area contributed by atoms with Crippen molar-refractivity contribution in [3.8, 4) is 11.8 Å². The fourth-order valence-electron chi connectivity index (χ4n) is 3.04. The highest BCUT2D eigenvalue weighted by atomic mass is 16.5. The number of carbonyl (C=O) groups is 1. The molecular weight excluding hydrogens is 328 g/mol. The van der Waals surface area contributed by atoms with E-state index >= 15 is 0 Å². The lowest BCUT2D eigenvalue weighted by molar-refractivity contribution is -0.129. The average molecular weight is 350 g/mol. The summed E-state index contributed by atoms with van der Waals surface area (Å²) in [5.41, 5.74) is 2.51. The van der Waals surface area contributed by atoms with E-state index in [2.05, 4.69) is 16.3 Å². The molecule has 0 radical (unpaired) electrons. The zero-order valence-corrected chi connectivity index (χ0v) is 14.8. The lowest BCUT2D eigenvalue weighted by Crippen LogP contribution is -2.50. The molecule has 26 heavy (non-hydrogen) atoms. The van der Waals surface area contributed by atoms with Crippen LogP contribution in [-0.4, -0.2) is 50.6 Å². The first-order valence-corrected chi connectivity index (χ1v) is 8.61. The Bertz CT molecular complexity index is 790. The highest BCUT2D eigenvalue weighted by molar-refractivity contribution is 5.81. The second-order valence-corrected chi connectivity index (χ2v) is 6.08. The number of methoxy groups -OCH3 is 1. The molecule has 0 bridgehead atoms. The zero-order chi connectivity index (χ0) is 18.4. The Labute approximate surface area is 153 Å². The molecule has 0 spiro atoms. The van der Waals surface area contributed by atoms with Gasteiger partial charge in [0, 0.05) is 31.9 Å². The number of nitriles is 1. The van der Waals surface area contributed by atoms with E-state index in [9.17, 15) is 4.79 Å². The molecule has 0 aliphatic carbocycles. The average Bonchev–Trinajstić information content (AvgIpc) is 2.72. The van der Waals surface area contributed by atoms with Gasteiger partial charge in [-0.15, -0.1) is 0 Å². The number of anilines is 2. The van der Waals surface area contributed by atoms with E-state index < -0.39 is 0 Å². The first kappa shape index (κ1) is 17.6. The Morgan fingerprint density at radius 1 is 1.12 bits per heavy atom. The minimum absolute atomic E-state index is 0.0778. The Balaban J connectivity index is 1.51. The van der Waals surface area contributed by atoms with Gasteiger partial charge in [-0.1, -0.05) is 12.1 Å². The summed E-state index contributed by atoms with van der Waals surface area (Å²) in [7, 11) is 1.67. The zero-order valence-electron chi connectivity index (χ0n) is 14.8. The van der Waals surface area contributed by atoms with Gasteiger partial charge in [-0.05, 0) is 36.4 Å². The SMILES string of the molecule is COc1ccccc1N1CCN(C(=O)CNc2ccc(C#N)cc2)CC1. The Morgan fingerprint density at radius 3 is 2.46 bits per heavy atom. The van der Waals surface area contributed by atoms with E-state index in [0.29, 0.717) is 18.7 Å². The number of para-hydroxylation sites is 2. The molecule has 1 fully saturated rings. The maximum absolute atomic E-state index is 12.4. The van der Waals surface area contributed by atoms with E-state index in [1.807, 2.05) is 41.3 Å². The molecule has 1 heterocycles. The molecule has 0 atom stereocenters. The molecule has 1 saturated heterocycles. The van der Waals surface area contributed by atoms with Crippen molar-refractivity contribution in [3.05, 3.63) is 54.1 Å². The number of amides is 1. The van der Waals surface area contributed by atoms with E-state index in [1.165, 1.54) is 0 Å². The summed E-state index contributed by atoms with van der Waals surface area (Å²) in [6, 6.07) is 17.1. The first-order valence-electron chi connectivity index (χ1n) is 8.61.